The summed E-state index contributed by atoms with van der Waals surface area (Å²) >= 11 is 6.42. The van der Waals surface area contributed by atoms with Gasteiger partial charge in [0.2, 0.25) is 5.91 Å². The first kappa shape index (κ1) is 19.1. The van der Waals surface area contributed by atoms with Crippen LogP contribution < -0.4 is 15.8 Å². The van der Waals surface area contributed by atoms with Gasteiger partial charge in [-0.1, -0.05) is 17.7 Å². The summed E-state index contributed by atoms with van der Waals surface area (Å²) in [6, 6.07) is 5.49. The molecule has 30 heavy (non-hydrogen) atoms. The minimum Gasteiger partial charge on any atom is -0.479 e. The molecule has 2 aromatic rings. The predicted molar refractivity (Wildman–Crippen MR) is 113 cm³/mol. The van der Waals surface area contributed by atoms with Gasteiger partial charge in [-0.25, -0.2) is 0 Å². The third-order valence-electron chi connectivity index (χ3n) is 5.85. The third-order valence-corrected chi connectivity index (χ3v) is 6.07. The summed E-state index contributed by atoms with van der Waals surface area (Å²) in [5.41, 5.74) is 9.99. The van der Waals surface area contributed by atoms with Crippen molar-refractivity contribution in [3.05, 3.63) is 52.3 Å². The molecule has 1 unspecified atom stereocenters. The van der Waals surface area contributed by atoms with Gasteiger partial charge in [-0.3, -0.25) is 14.6 Å². The van der Waals surface area contributed by atoms with E-state index in [9.17, 15) is 9.59 Å². The molecule has 3 N–H and O–H groups in total. The molecule has 3 aliphatic rings. The van der Waals surface area contributed by atoms with Crippen molar-refractivity contribution < 1.29 is 14.3 Å². The summed E-state index contributed by atoms with van der Waals surface area (Å²) in [4.78, 5) is 31.2. The molecule has 0 radical (unpaired) electrons. The molecular weight excluding hydrogens is 404 g/mol. The summed E-state index contributed by atoms with van der Waals surface area (Å²) in [5, 5.41) is 3.80. The monoisotopic (exact) mass is 424 g/mol. The molecule has 0 bridgehead atoms. The van der Waals surface area contributed by atoms with E-state index in [1.54, 1.807) is 12.3 Å². The first-order chi connectivity index (χ1) is 14.5. The van der Waals surface area contributed by atoms with Crippen LogP contribution in [0.4, 0.5) is 0 Å². The Morgan fingerprint density at radius 3 is 2.80 bits per heavy atom. The number of nitrogens with two attached hydrogens (primary N) is 1. The lowest BCUT2D eigenvalue weighted by molar-refractivity contribution is -0.138. The smallest absolute Gasteiger partial charge is 0.264 e. The number of rotatable bonds is 3. The molecule has 5 rings (SSSR count). The van der Waals surface area contributed by atoms with E-state index in [0.29, 0.717) is 42.3 Å². The van der Waals surface area contributed by atoms with Gasteiger partial charge in [0.15, 0.2) is 6.10 Å². The molecule has 3 heterocycles. The lowest BCUT2D eigenvalue weighted by Gasteiger charge is -2.29. The Balaban J connectivity index is 1.54. The highest BCUT2D eigenvalue weighted by molar-refractivity contribution is 6.31. The van der Waals surface area contributed by atoms with E-state index >= 15 is 0 Å². The zero-order chi connectivity index (χ0) is 20.8. The van der Waals surface area contributed by atoms with Gasteiger partial charge in [-0.05, 0) is 23.8 Å². The number of allylic oxidation sites excluding steroid dienone is 1. The molecule has 2 amide bonds. The summed E-state index contributed by atoms with van der Waals surface area (Å²) in [7, 11) is 0. The number of aromatic nitrogens is 1. The van der Waals surface area contributed by atoms with Crippen LogP contribution >= 0.6 is 11.6 Å². The predicted octanol–water partition coefficient (Wildman–Crippen LogP) is 1.56. The Morgan fingerprint density at radius 1 is 1.23 bits per heavy atom. The van der Waals surface area contributed by atoms with Crippen molar-refractivity contribution in [2.24, 2.45) is 5.73 Å². The van der Waals surface area contributed by atoms with Crippen LogP contribution in [0.5, 0.6) is 5.75 Å². The Kier molecular flexibility index (Phi) is 4.72. The summed E-state index contributed by atoms with van der Waals surface area (Å²) < 4.78 is 6.19. The minimum atomic E-state index is -0.573. The number of halogens is 1. The first-order valence-corrected chi connectivity index (χ1v) is 10.4. The SMILES string of the molecule is NC(=O)C1=CCc2nccc(-c3cc(Cl)cc4c3OC(C(=O)N3CCNCC3)C4)c21. The molecule has 1 aromatic carbocycles. The largest absolute Gasteiger partial charge is 0.479 e. The molecule has 1 saturated heterocycles. The fourth-order valence-corrected chi connectivity index (χ4v) is 4.70. The molecule has 1 aromatic heterocycles. The Morgan fingerprint density at radius 2 is 2.03 bits per heavy atom. The highest BCUT2D eigenvalue weighted by atomic mass is 35.5. The molecule has 1 atom stereocenters. The normalized spacial score (nSPS) is 19.7. The van der Waals surface area contributed by atoms with Crippen molar-refractivity contribution in [1.29, 1.82) is 0 Å². The number of hydrogen-bond acceptors (Lipinski definition) is 5. The van der Waals surface area contributed by atoms with E-state index < -0.39 is 12.0 Å². The maximum absolute atomic E-state index is 13.0. The van der Waals surface area contributed by atoms with Crippen LogP contribution in [0.3, 0.4) is 0 Å². The number of benzene rings is 1. The van der Waals surface area contributed by atoms with Crippen LogP contribution in [0.2, 0.25) is 5.02 Å². The first-order valence-electron chi connectivity index (χ1n) is 10.00. The van der Waals surface area contributed by atoms with Gasteiger partial charge in [0.1, 0.15) is 5.75 Å². The molecule has 154 valence electrons. The molecule has 1 fully saturated rings. The van der Waals surface area contributed by atoms with Gasteiger partial charge >= 0.3 is 0 Å². The average molecular weight is 425 g/mol. The quantitative estimate of drug-likeness (QED) is 0.779. The zero-order valence-corrected chi connectivity index (χ0v) is 17.0. The van der Waals surface area contributed by atoms with E-state index in [-0.39, 0.29) is 5.91 Å². The second kappa shape index (κ2) is 7.41. The van der Waals surface area contributed by atoms with Crippen LogP contribution in [-0.4, -0.2) is 54.0 Å². The molecule has 2 aliphatic heterocycles. The van der Waals surface area contributed by atoms with E-state index in [1.807, 2.05) is 23.1 Å². The number of piperazine rings is 1. The van der Waals surface area contributed by atoms with Crippen molar-refractivity contribution in [3.8, 4) is 16.9 Å². The standard InChI is InChI=1S/C22H21ClN4O3/c23-13-9-12-10-18(22(29)27-7-5-25-6-8-27)30-20(12)16(11-13)14-3-4-26-17-2-1-15(19(14)17)21(24)28/h1,3-4,9,11,18,25H,2,5-8,10H2,(H2,24,28). The number of carbonyl (C=O) groups is 2. The molecule has 7 nitrogen and oxygen atoms in total. The molecule has 0 spiro atoms. The maximum atomic E-state index is 13.0. The molecule has 1 aliphatic carbocycles. The number of nitrogens with one attached hydrogen (secondary N) is 1. The lowest BCUT2D eigenvalue weighted by Crippen LogP contribution is -2.50. The summed E-state index contributed by atoms with van der Waals surface area (Å²) in [5.74, 6) is 0.138. The van der Waals surface area contributed by atoms with Crippen LogP contribution in [0.1, 0.15) is 16.8 Å². The van der Waals surface area contributed by atoms with Gasteiger partial charge in [0.25, 0.3) is 5.91 Å². The Labute approximate surface area is 178 Å². The zero-order valence-electron chi connectivity index (χ0n) is 16.3. The molecule has 0 saturated carbocycles. The number of nitrogens with zero attached hydrogens (tertiary/aromatic N) is 2. The van der Waals surface area contributed by atoms with Crippen molar-refractivity contribution in [3.63, 3.8) is 0 Å². The van der Waals surface area contributed by atoms with E-state index in [4.69, 9.17) is 22.1 Å². The Bertz CT molecular complexity index is 1090. The van der Waals surface area contributed by atoms with Crippen LogP contribution in [0.25, 0.3) is 16.7 Å². The van der Waals surface area contributed by atoms with Gasteiger partial charge in [-0.15, -0.1) is 0 Å². The van der Waals surface area contributed by atoms with Gasteiger partial charge < -0.3 is 20.7 Å². The van der Waals surface area contributed by atoms with Gasteiger partial charge in [-0.2, -0.15) is 0 Å². The second-order valence-corrected chi connectivity index (χ2v) is 8.13. The lowest BCUT2D eigenvalue weighted by atomic mass is 9.94. The number of amides is 2. The maximum Gasteiger partial charge on any atom is 0.264 e. The Hall–Kier alpha value is -2.90. The molecule has 8 heteroatoms. The number of carbonyl (C=O) groups excluding carboxylic acids is 2. The highest BCUT2D eigenvalue weighted by Gasteiger charge is 2.36. The van der Waals surface area contributed by atoms with E-state index in [2.05, 4.69) is 10.3 Å². The fourth-order valence-electron chi connectivity index (χ4n) is 4.46. The summed E-state index contributed by atoms with van der Waals surface area (Å²) in [6.07, 6.45) is 3.95. The number of hydrogen-bond donors (Lipinski definition) is 2. The fraction of sp³-hybridized carbons (Fsp3) is 0.318. The van der Waals surface area contributed by atoms with Gasteiger partial charge in [0, 0.05) is 72.5 Å². The average Bonchev–Trinajstić information content (AvgIpc) is 3.37. The van der Waals surface area contributed by atoms with Crippen molar-refractivity contribution in [2.45, 2.75) is 18.9 Å². The second-order valence-electron chi connectivity index (χ2n) is 7.69. The number of ether oxygens (including phenoxy) is 1. The minimum absolute atomic E-state index is 0.00699. The number of pyridine rings is 1. The third kappa shape index (κ3) is 3.14. The topological polar surface area (TPSA) is 97.5 Å². The van der Waals surface area contributed by atoms with Gasteiger partial charge in [0.05, 0.1) is 5.69 Å². The number of fused-ring (bicyclic) bond motifs is 2. The number of primary amides is 1. The van der Waals surface area contributed by atoms with Crippen molar-refractivity contribution in [2.75, 3.05) is 26.2 Å². The van der Waals surface area contributed by atoms with E-state index in [1.165, 1.54) is 0 Å². The van der Waals surface area contributed by atoms with Crippen LogP contribution in [0, 0.1) is 0 Å². The summed E-state index contributed by atoms with van der Waals surface area (Å²) in [6.45, 7) is 2.92. The van der Waals surface area contributed by atoms with Crippen LogP contribution in [-0.2, 0) is 22.4 Å². The van der Waals surface area contributed by atoms with Crippen molar-refractivity contribution >= 4 is 29.0 Å². The van der Waals surface area contributed by atoms with Crippen molar-refractivity contribution in [1.82, 2.24) is 15.2 Å². The molecular formula is C22H21ClN4O3. The highest BCUT2D eigenvalue weighted by Crippen LogP contribution is 2.45. The van der Waals surface area contributed by atoms with Crippen LogP contribution in [0.15, 0.2) is 30.5 Å². The van der Waals surface area contributed by atoms with E-state index in [0.717, 1.165) is 41.0 Å².